The number of hydrogen-bond donors (Lipinski definition) is 0. The van der Waals surface area contributed by atoms with Gasteiger partial charge in [-0.25, -0.2) is 4.79 Å². The SMILES string of the molecule is O=C1OCC(CCOS(=O)(=O)c2ccccc2)O1. The third-order valence-electron chi connectivity index (χ3n) is 2.36. The molecule has 1 aromatic rings. The lowest BCUT2D eigenvalue weighted by Crippen LogP contribution is -2.15. The van der Waals surface area contributed by atoms with E-state index in [-0.39, 0.29) is 24.5 Å². The Morgan fingerprint density at radius 1 is 1.28 bits per heavy atom. The number of cyclic esters (lactones) is 2. The van der Waals surface area contributed by atoms with Crippen molar-refractivity contribution in [3.63, 3.8) is 0 Å². The van der Waals surface area contributed by atoms with Crippen molar-refractivity contribution in [3.05, 3.63) is 30.3 Å². The highest BCUT2D eigenvalue weighted by Gasteiger charge is 2.25. The van der Waals surface area contributed by atoms with Gasteiger partial charge in [0.15, 0.2) is 0 Å². The molecule has 0 saturated carbocycles. The molecular formula is C11H12O6S. The molecule has 0 amide bonds. The number of rotatable bonds is 5. The van der Waals surface area contributed by atoms with Crippen LogP contribution in [-0.2, 0) is 23.8 Å². The van der Waals surface area contributed by atoms with Gasteiger partial charge in [0.1, 0.15) is 12.7 Å². The van der Waals surface area contributed by atoms with E-state index < -0.39 is 22.4 Å². The zero-order valence-corrected chi connectivity index (χ0v) is 10.3. The van der Waals surface area contributed by atoms with Gasteiger partial charge < -0.3 is 9.47 Å². The summed E-state index contributed by atoms with van der Waals surface area (Å²) in [6, 6.07) is 7.85. The summed E-state index contributed by atoms with van der Waals surface area (Å²) < 4.78 is 37.6. The predicted molar refractivity (Wildman–Crippen MR) is 60.4 cm³/mol. The normalized spacial score (nSPS) is 19.3. The van der Waals surface area contributed by atoms with Crippen molar-refractivity contribution in [2.45, 2.75) is 17.4 Å². The van der Waals surface area contributed by atoms with Crippen molar-refractivity contribution in [2.75, 3.05) is 13.2 Å². The van der Waals surface area contributed by atoms with Crippen molar-refractivity contribution >= 4 is 16.3 Å². The lowest BCUT2D eigenvalue weighted by molar-refractivity contribution is 0.111. The Hall–Kier alpha value is -1.60. The van der Waals surface area contributed by atoms with Gasteiger partial charge in [0, 0.05) is 6.42 Å². The van der Waals surface area contributed by atoms with Crippen LogP contribution in [0.3, 0.4) is 0 Å². The van der Waals surface area contributed by atoms with E-state index >= 15 is 0 Å². The van der Waals surface area contributed by atoms with E-state index in [9.17, 15) is 13.2 Å². The summed E-state index contributed by atoms with van der Waals surface area (Å²) in [5, 5.41) is 0. The standard InChI is InChI=1S/C11H12O6S/c12-11-15-8-9(17-11)6-7-16-18(13,14)10-4-2-1-3-5-10/h1-5,9H,6-8H2. The maximum absolute atomic E-state index is 11.7. The Labute approximate surface area is 105 Å². The Bertz CT molecular complexity index is 510. The van der Waals surface area contributed by atoms with E-state index in [1.165, 1.54) is 12.1 Å². The average molecular weight is 272 g/mol. The van der Waals surface area contributed by atoms with Gasteiger partial charge in [0.2, 0.25) is 0 Å². The lowest BCUT2D eigenvalue weighted by Gasteiger charge is -2.07. The Kier molecular flexibility index (Phi) is 3.83. The molecule has 0 radical (unpaired) electrons. The van der Waals surface area contributed by atoms with Gasteiger partial charge in [-0.2, -0.15) is 8.42 Å². The van der Waals surface area contributed by atoms with Crippen molar-refractivity contribution in [2.24, 2.45) is 0 Å². The van der Waals surface area contributed by atoms with Crippen molar-refractivity contribution in [1.82, 2.24) is 0 Å². The van der Waals surface area contributed by atoms with E-state index in [2.05, 4.69) is 4.74 Å². The summed E-state index contributed by atoms with van der Waals surface area (Å²) in [6.07, 6.45) is -0.896. The molecule has 0 spiro atoms. The maximum atomic E-state index is 11.7. The molecular weight excluding hydrogens is 260 g/mol. The van der Waals surface area contributed by atoms with Crippen LogP contribution < -0.4 is 0 Å². The summed E-state index contributed by atoms with van der Waals surface area (Å²) in [6.45, 7) is 0.0755. The maximum Gasteiger partial charge on any atom is 0.508 e. The number of carbonyl (C=O) groups excluding carboxylic acids is 1. The van der Waals surface area contributed by atoms with Crippen LogP contribution >= 0.6 is 0 Å². The molecule has 0 bridgehead atoms. The fraction of sp³-hybridized carbons (Fsp3) is 0.364. The first-order chi connectivity index (χ1) is 8.58. The van der Waals surface area contributed by atoms with Crippen LogP contribution in [0.4, 0.5) is 4.79 Å². The fourth-order valence-corrected chi connectivity index (χ4v) is 2.39. The molecule has 1 unspecified atom stereocenters. The highest BCUT2D eigenvalue weighted by Crippen LogP contribution is 2.14. The minimum absolute atomic E-state index is 0.0570. The number of hydrogen-bond acceptors (Lipinski definition) is 6. The van der Waals surface area contributed by atoms with Crippen LogP contribution in [0, 0.1) is 0 Å². The topological polar surface area (TPSA) is 78.9 Å². The molecule has 0 N–H and O–H groups in total. The summed E-state index contributed by atoms with van der Waals surface area (Å²) in [4.78, 5) is 10.7. The second-order valence-electron chi connectivity index (χ2n) is 3.68. The van der Waals surface area contributed by atoms with E-state index in [0.717, 1.165) is 0 Å². The third-order valence-corrected chi connectivity index (χ3v) is 3.69. The van der Waals surface area contributed by atoms with E-state index in [1.807, 2.05) is 0 Å². The minimum atomic E-state index is -3.75. The first-order valence-corrected chi connectivity index (χ1v) is 6.76. The monoisotopic (exact) mass is 272 g/mol. The van der Waals surface area contributed by atoms with Gasteiger partial charge in [-0.05, 0) is 12.1 Å². The summed E-state index contributed by atoms with van der Waals surface area (Å²) in [7, 11) is -3.75. The van der Waals surface area contributed by atoms with E-state index in [0.29, 0.717) is 0 Å². The van der Waals surface area contributed by atoms with Gasteiger partial charge in [0.25, 0.3) is 10.1 Å². The van der Waals surface area contributed by atoms with Gasteiger partial charge >= 0.3 is 6.16 Å². The van der Waals surface area contributed by atoms with Crippen LogP contribution in [0.1, 0.15) is 6.42 Å². The Morgan fingerprint density at radius 2 is 2.00 bits per heavy atom. The fourth-order valence-electron chi connectivity index (χ4n) is 1.45. The third kappa shape index (κ3) is 3.21. The van der Waals surface area contributed by atoms with Crippen molar-refractivity contribution in [3.8, 4) is 0 Å². The molecule has 1 aromatic carbocycles. The molecule has 1 fully saturated rings. The Morgan fingerprint density at radius 3 is 2.61 bits per heavy atom. The van der Waals surface area contributed by atoms with Crippen LogP contribution in [-0.4, -0.2) is 33.9 Å². The second kappa shape index (κ2) is 5.36. The van der Waals surface area contributed by atoms with Crippen LogP contribution in [0.15, 0.2) is 35.2 Å². The van der Waals surface area contributed by atoms with Crippen LogP contribution in [0.25, 0.3) is 0 Å². The largest absolute Gasteiger partial charge is 0.508 e. The van der Waals surface area contributed by atoms with Crippen molar-refractivity contribution in [1.29, 1.82) is 0 Å². The first-order valence-electron chi connectivity index (χ1n) is 5.36. The number of ether oxygens (including phenoxy) is 2. The number of benzene rings is 1. The highest BCUT2D eigenvalue weighted by molar-refractivity contribution is 7.86. The molecule has 2 rings (SSSR count). The molecule has 98 valence electrons. The molecule has 1 atom stereocenters. The Balaban J connectivity index is 1.85. The molecule has 1 heterocycles. The van der Waals surface area contributed by atoms with Crippen LogP contribution in [0.2, 0.25) is 0 Å². The molecule has 1 aliphatic heterocycles. The molecule has 1 saturated heterocycles. The number of carbonyl (C=O) groups is 1. The molecule has 7 heteroatoms. The molecule has 6 nitrogen and oxygen atoms in total. The van der Waals surface area contributed by atoms with Gasteiger partial charge in [-0.3, -0.25) is 4.18 Å². The van der Waals surface area contributed by atoms with Gasteiger partial charge in [0.05, 0.1) is 11.5 Å². The summed E-state index contributed by atoms with van der Waals surface area (Å²) >= 11 is 0. The van der Waals surface area contributed by atoms with Gasteiger partial charge in [-0.15, -0.1) is 0 Å². The van der Waals surface area contributed by atoms with Crippen LogP contribution in [0.5, 0.6) is 0 Å². The summed E-state index contributed by atoms with van der Waals surface area (Å²) in [5.41, 5.74) is 0. The first kappa shape index (κ1) is 12.8. The van der Waals surface area contributed by atoms with Crippen molar-refractivity contribution < 1.29 is 26.9 Å². The van der Waals surface area contributed by atoms with E-state index in [4.69, 9.17) is 8.92 Å². The van der Waals surface area contributed by atoms with E-state index in [1.54, 1.807) is 18.2 Å². The quantitative estimate of drug-likeness (QED) is 0.594. The zero-order chi connectivity index (χ0) is 13.0. The second-order valence-corrected chi connectivity index (χ2v) is 5.29. The molecule has 18 heavy (non-hydrogen) atoms. The molecule has 0 aromatic heterocycles. The smallest absolute Gasteiger partial charge is 0.430 e. The highest BCUT2D eigenvalue weighted by atomic mass is 32.2. The lowest BCUT2D eigenvalue weighted by atomic mass is 10.3. The molecule has 1 aliphatic rings. The van der Waals surface area contributed by atoms with Gasteiger partial charge in [-0.1, -0.05) is 18.2 Å². The molecule has 0 aliphatic carbocycles. The zero-order valence-electron chi connectivity index (χ0n) is 9.44. The average Bonchev–Trinajstić information content (AvgIpc) is 2.76. The minimum Gasteiger partial charge on any atom is -0.430 e. The predicted octanol–water partition coefficient (Wildman–Crippen LogP) is 1.32. The summed E-state index contributed by atoms with van der Waals surface area (Å²) in [5.74, 6) is 0.